The third kappa shape index (κ3) is 2.81. The highest BCUT2D eigenvalue weighted by Gasteiger charge is 2.52. The molecule has 0 unspecified atom stereocenters. The van der Waals surface area contributed by atoms with Gasteiger partial charge >= 0.3 is 0 Å². The van der Waals surface area contributed by atoms with Crippen molar-refractivity contribution in [3.05, 3.63) is 17.5 Å². The van der Waals surface area contributed by atoms with Crippen molar-refractivity contribution >= 4 is 0 Å². The number of nitrogens with zero attached hydrogens (tertiary/aromatic N) is 2. The van der Waals surface area contributed by atoms with Crippen molar-refractivity contribution in [2.75, 3.05) is 19.8 Å². The van der Waals surface area contributed by atoms with Gasteiger partial charge < -0.3 is 24.6 Å². The minimum absolute atomic E-state index is 0.105. The maximum absolute atomic E-state index is 11.0. The van der Waals surface area contributed by atoms with Crippen molar-refractivity contribution in [1.29, 1.82) is 0 Å². The van der Waals surface area contributed by atoms with E-state index in [0.29, 0.717) is 12.6 Å². The van der Waals surface area contributed by atoms with E-state index in [1.165, 1.54) is 0 Å². The predicted octanol–water partition coefficient (Wildman–Crippen LogP) is 0.294. The topological polar surface area (TPSA) is 77.8 Å². The lowest BCUT2D eigenvalue weighted by Crippen LogP contribution is -2.60. The molecular weight excluding hydrogens is 298 g/mol. The van der Waals surface area contributed by atoms with Crippen molar-refractivity contribution < 1.29 is 19.3 Å². The van der Waals surface area contributed by atoms with Crippen LogP contribution in [0.15, 0.2) is 6.07 Å². The van der Waals surface area contributed by atoms with Crippen LogP contribution in [0, 0.1) is 13.8 Å². The summed E-state index contributed by atoms with van der Waals surface area (Å²) in [6.07, 6.45) is 0.796. The zero-order chi connectivity index (χ0) is 16.0. The highest BCUT2D eigenvalue weighted by Crippen LogP contribution is 2.36. The van der Waals surface area contributed by atoms with Gasteiger partial charge in [-0.05, 0) is 32.8 Å². The monoisotopic (exact) mass is 323 g/mol. The highest BCUT2D eigenvalue weighted by molar-refractivity contribution is 5.11. The van der Waals surface area contributed by atoms with E-state index in [0.717, 1.165) is 37.4 Å². The van der Waals surface area contributed by atoms with E-state index >= 15 is 0 Å². The molecule has 2 N–H and O–H groups in total. The fourth-order valence-electron chi connectivity index (χ4n) is 3.95. The molecule has 7 heteroatoms. The molecule has 3 fully saturated rings. The second kappa shape index (κ2) is 6.14. The molecule has 2 bridgehead atoms. The van der Waals surface area contributed by atoms with E-state index in [2.05, 4.69) is 10.4 Å². The Labute approximate surface area is 135 Å². The molecule has 3 aliphatic rings. The lowest BCUT2D eigenvalue weighted by atomic mass is 9.94. The van der Waals surface area contributed by atoms with Crippen LogP contribution in [0.2, 0.25) is 0 Å². The molecule has 1 aromatic rings. The molecule has 0 aromatic carbocycles. The summed E-state index contributed by atoms with van der Waals surface area (Å²) >= 11 is 0. The van der Waals surface area contributed by atoms with Crippen LogP contribution in [0.3, 0.4) is 0 Å². The second-order valence-corrected chi connectivity index (χ2v) is 6.81. The summed E-state index contributed by atoms with van der Waals surface area (Å²) in [7, 11) is 0. The molecule has 3 saturated heterocycles. The Morgan fingerprint density at radius 1 is 1.30 bits per heavy atom. The van der Waals surface area contributed by atoms with Gasteiger partial charge in [0.15, 0.2) is 6.29 Å². The number of aliphatic hydroxyl groups excluding tert-OH is 1. The average Bonchev–Trinajstić information content (AvgIpc) is 3.10. The molecular formula is C16H25N3O4. The van der Waals surface area contributed by atoms with Crippen LogP contribution in [-0.2, 0) is 14.2 Å². The third-order valence-corrected chi connectivity index (χ3v) is 5.11. The number of hydrogen-bond acceptors (Lipinski definition) is 6. The maximum atomic E-state index is 11.0. The van der Waals surface area contributed by atoms with Crippen LogP contribution in [0.5, 0.6) is 0 Å². The maximum Gasteiger partial charge on any atom is 0.183 e. The zero-order valence-electron chi connectivity index (χ0n) is 13.6. The number of ether oxygens (including phenoxy) is 3. The van der Waals surface area contributed by atoms with E-state index in [1.54, 1.807) is 0 Å². The van der Waals surface area contributed by atoms with E-state index < -0.39 is 12.4 Å². The summed E-state index contributed by atoms with van der Waals surface area (Å²) < 4.78 is 19.1. The summed E-state index contributed by atoms with van der Waals surface area (Å²) in [6.45, 7) is 6.00. The number of fused-ring (bicyclic) bond motifs is 2. The normalized spacial score (nSPS) is 38.1. The van der Waals surface area contributed by atoms with Gasteiger partial charge in [0.2, 0.25) is 0 Å². The second-order valence-electron chi connectivity index (χ2n) is 6.81. The van der Waals surface area contributed by atoms with Gasteiger partial charge in [0.1, 0.15) is 12.1 Å². The smallest absolute Gasteiger partial charge is 0.183 e. The number of hydrogen-bond donors (Lipinski definition) is 2. The van der Waals surface area contributed by atoms with Gasteiger partial charge in [-0.2, -0.15) is 5.10 Å². The molecule has 1 aromatic heterocycles. The first kappa shape index (κ1) is 15.5. The number of aromatic nitrogens is 2. The summed E-state index contributed by atoms with van der Waals surface area (Å²) in [6, 6.07) is 1.89. The van der Waals surface area contributed by atoms with Crippen LogP contribution >= 0.6 is 0 Å². The number of aliphatic hydroxyl groups is 1. The summed E-state index contributed by atoms with van der Waals surface area (Å²) in [4.78, 5) is 0. The Bertz CT molecular complexity index is 558. The number of nitrogens with one attached hydrogen (secondary N) is 1. The van der Waals surface area contributed by atoms with Gasteiger partial charge in [0.05, 0.1) is 24.4 Å². The molecule has 128 valence electrons. The first-order chi connectivity index (χ1) is 11.1. The fraction of sp³-hybridized carbons (Fsp3) is 0.812. The van der Waals surface area contributed by atoms with Gasteiger partial charge in [-0.1, -0.05) is 0 Å². The lowest BCUT2D eigenvalue weighted by Gasteiger charge is -2.41. The molecule has 23 heavy (non-hydrogen) atoms. The van der Waals surface area contributed by atoms with Crippen molar-refractivity contribution in [3.8, 4) is 0 Å². The molecule has 4 heterocycles. The molecule has 3 aliphatic heterocycles. The van der Waals surface area contributed by atoms with Crippen LogP contribution in [0.25, 0.3) is 0 Å². The summed E-state index contributed by atoms with van der Waals surface area (Å²) in [5.41, 5.74) is 1.94. The number of aryl methyl sites for hydroxylation is 2. The molecule has 0 radical (unpaired) electrons. The third-order valence-electron chi connectivity index (χ3n) is 5.11. The first-order valence-electron chi connectivity index (χ1n) is 8.45. The summed E-state index contributed by atoms with van der Waals surface area (Å²) in [5.74, 6) is 0. The Morgan fingerprint density at radius 2 is 2.09 bits per heavy atom. The van der Waals surface area contributed by atoms with Crippen LogP contribution in [0.1, 0.15) is 30.3 Å². The number of rotatable bonds is 3. The standard InChI is InChI=1S/C16H25N3O4/c1-9-7-10(2)19(18-9)14-15(20)13(12-8-22-16(14)23-12)17-11-3-5-21-6-4-11/h7,11-17,20H,3-6,8H2,1-2H3/t12-,13-,14-,15+,16-/m1/s1. The van der Waals surface area contributed by atoms with Crippen LogP contribution < -0.4 is 5.32 Å². The van der Waals surface area contributed by atoms with E-state index in [-0.39, 0.29) is 18.2 Å². The Hall–Kier alpha value is -0.990. The predicted molar refractivity (Wildman–Crippen MR) is 82.1 cm³/mol. The molecule has 0 spiro atoms. The van der Waals surface area contributed by atoms with Gasteiger partial charge in [-0.25, -0.2) is 0 Å². The first-order valence-corrected chi connectivity index (χ1v) is 8.45. The lowest BCUT2D eigenvalue weighted by molar-refractivity contribution is -0.170. The zero-order valence-corrected chi connectivity index (χ0v) is 13.6. The minimum Gasteiger partial charge on any atom is -0.389 e. The molecule has 5 atom stereocenters. The molecule has 0 aliphatic carbocycles. The van der Waals surface area contributed by atoms with Gasteiger partial charge in [-0.15, -0.1) is 0 Å². The van der Waals surface area contributed by atoms with Gasteiger partial charge in [0.25, 0.3) is 0 Å². The van der Waals surface area contributed by atoms with E-state index in [9.17, 15) is 5.11 Å². The Morgan fingerprint density at radius 3 is 2.78 bits per heavy atom. The van der Waals surface area contributed by atoms with E-state index in [4.69, 9.17) is 14.2 Å². The van der Waals surface area contributed by atoms with Crippen LogP contribution in [0.4, 0.5) is 0 Å². The Kier molecular flexibility index (Phi) is 4.15. The SMILES string of the molecule is Cc1cc(C)n([C@H]2[C@@H]3OC[C@@H](O3)[C@@H](NC3CCOCC3)[C@@H]2O)n1. The van der Waals surface area contributed by atoms with Crippen molar-refractivity contribution in [3.63, 3.8) is 0 Å². The van der Waals surface area contributed by atoms with Crippen molar-refractivity contribution in [1.82, 2.24) is 15.1 Å². The minimum atomic E-state index is -0.595. The highest BCUT2D eigenvalue weighted by atomic mass is 16.7. The quantitative estimate of drug-likeness (QED) is 0.833. The molecule has 7 nitrogen and oxygen atoms in total. The fourth-order valence-corrected chi connectivity index (χ4v) is 3.95. The van der Waals surface area contributed by atoms with Crippen molar-refractivity contribution in [2.45, 2.75) is 63.3 Å². The molecule has 4 rings (SSSR count). The van der Waals surface area contributed by atoms with Gasteiger partial charge in [-0.3, -0.25) is 4.68 Å². The average molecular weight is 323 g/mol. The van der Waals surface area contributed by atoms with E-state index in [1.807, 2.05) is 24.6 Å². The Balaban J connectivity index is 1.56. The van der Waals surface area contributed by atoms with Crippen molar-refractivity contribution in [2.24, 2.45) is 0 Å². The van der Waals surface area contributed by atoms with Crippen LogP contribution in [-0.4, -0.2) is 65.3 Å². The molecule has 0 amide bonds. The molecule has 0 saturated carbocycles. The summed E-state index contributed by atoms with van der Waals surface area (Å²) in [5, 5.41) is 19.1. The van der Waals surface area contributed by atoms with Gasteiger partial charge in [0, 0.05) is 24.9 Å². The largest absolute Gasteiger partial charge is 0.389 e.